The molecule has 0 fully saturated rings. The third-order valence-corrected chi connectivity index (χ3v) is 2.95. The maximum atomic E-state index is 5.38. The van der Waals surface area contributed by atoms with Crippen molar-refractivity contribution in [2.45, 2.75) is 12.8 Å². The van der Waals surface area contributed by atoms with Crippen LogP contribution in [0.1, 0.15) is 24.0 Å². The fraction of sp³-hybridized carbons (Fsp3) is 0.143. The van der Waals surface area contributed by atoms with E-state index in [0.717, 1.165) is 28.9 Å². The van der Waals surface area contributed by atoms with Gasteiger partial charge in [-0.3, -0.25) is 0 Å². The van der Waals surface area contributed by atoms with E-state index in [1.807, 2.05) is 18.2 Å². The van der Waals surface area contributed by atoms with E-state index in [-0.39, 0.29) is 0 Å². The summed E-state index contributed by atoms with van der Waals surface area (Å²) in [6, 6.07) is 8.03. The predicted molar refractivity (Wildman–Crippen MR) is 68.7 cm³/mol. The Morgan fingerprint density at radius 3 is 2.93 bits per heavy atom. The van der Waals surface area contributed by atoms with Crippen LogP contribution in [0.3, 0.4) is 0 Å². The lowest BCUT2D eigenvalue weighted by Crippen LogP contribution is -1.90. The zero-order valence-corrected chi connectivity index (χ0v) is 9.30. The third kappa shape index (κ3) is 2.16. The molecule has 0 unspecified atom stereocenters. The second kappa shape index (κ2) is 4.42. The molecule has 0 aliphatic heterocycles. The summed E-state index contributed by atoms with van der Waals surface area (Å²) >= 11 is 4.51. The van der Waals surface area contributed by atoms with Crippen LogP contribution in [0.4, 0.5) is 0 Å². The van der Waals surface area contributed by atoms with Gasteiger partial charge in [-0.25, -0.2) is 0 Å². The first-order valence-corrected chi connectivity index (χ1v) is 5.41. The maximum absolute atomic E-state index is 5.38. The van der Waals surface area contributed by atoms with Crippen LogP contribution in [-0.2, 0) is 0 Å². The first-order valence-electron chi connectivity index (χ1n) is 4.97. The van der Waals surface area contributed by atoms with Crippen molar-refractivity contribution >= 4 is 18.2 Å². The van der Waals surface area contributed by atoms with Gasteiger partial charge in [0, 0.05) is 5.56 Å². The Morgan fingerprint density at radius 2 is 2.20 bits per heavy atom. The molecule has 1 aromatic rings. The summed E-state index contributed by atoms with van der Waals surface area (Å²) in [5.74, 6) is 2.65. The van der Waals surface area contributed by atoms with Gasteiger partial charge in [-0.15, -0.1) is 19.1 Å². The highest BCUT2D eigenvalue weighted by Crippen LogP contribution is 2.29. The summed E-state index contributed by atoms with van der Waals surface area (Å²) in [4.78, 5) is 1.15. The average Bonchev–Trinajstić information content (AvgIpc) is 2.30. The Kier molecular flexibility index (Phi) is 2.99. The normalized spacial score (nSPS) is 15.2. The molecule has 0 saturated heterocycles. The molecule has 0 spiro atoms. The highest BCUT2D eigenvalue weighted by Gasteiger charge is 2.07. The van der Waals surface area contributed by atoms with Crippen LogP contribution in [-0.4, -0.2) is 0 Å². The molecule has 0 aromatic heterocycles. The van der Waals surface area contributed by atoms with Crippen molar-refractivity contribution in [1.29, 1.82) is 0 Å². The van der Waals surface area contributed by atoms with Crippen LogP contribution in [0.25, 0.3) is 5.57 Å². The first kappa shape index (κ1) is 10.1. The Morgan fingerprint density at radius 1 is 1.33 bits per heavy atom. The van der Waals surface area contributed by atoms with E-state index >= 15 is 0 Å². The molecule has 0 atom stereocenters. The van der Waals surface area contributed by atoms with Crippen LogP contribution in [0.5, 0.6) is 0 Å². The van der Waals surface area contributed by atoms with Crippen molar-refractivity contribution in [3.05, 3.63) is 52.4 Å². The van der Waals surface area contributed by atoms with Crippen LogP contribution >= 0.6 is 12.6 Å². The quantitative estimate of drug-likeness (QED) is 0.533. The molecule has 2 rings (SSSR count). The van der Waals surface area contributed by atoms with E-state index in [2.05, 4.69) is 36.8 Å². The summed E-state index contributed by atoms with van der Waals surface area (Å²) in [7, 11) is 0. The van der Waals surface area contributed by atoms with Crippen molar-refractivity contribution in [1.82, 2.24) is 0 Å². The van der Waals surface area contributed by atoms with Gasteiger partial charge in [-0.1, -0.05) is 30.2 Å². The number of hydrogen-bond donors (Lipinski definition) is 1. The van der Waals surface area contributed by atoms with E-state index in [4.69, 9.17) is 6.42 Å². The molecule has 0 N–H and O–H groups in total. The number of allylic oxidation sites excluding steroid dienone is 4. The Balaban J connectivity index is 2.46. The third-order valence-electron chi connectivity index (χ3n) is 2.48. The summed E-state index contributed by atoms with van der Waals surface area (Å²) in [5.41, 5.74) is 3.27. The lowest BCUT2D eigenvalue weighted by Gasteiger charge is -2.12. The molecule has 0 heterocycles. The summed E-state index contributed by atoms with van der Waals surface area (Å²) in [6.45, 7) is 0. The fourth-order valence-corrected chi connectivity index (χ4v) is 2.02. The highest BCUT2D eigenvalue weighted by molar-refractivity contribution is 7.84. The van der Waals surface area contributed by atoms with Gasteiger partial charge in [0.1, 0.15) is 0 Å². The van der Waals surface area contributed by atoms with Gasteiger partial charge < -0.3 is 0 Å². The fourth-order valence-electron chi connectivity index (χ4n) is 1.69. The number of terminal acetylenes is 1. The molecular weight excluding hydrogens is 200 g/mol. The zero-order valence-electron chi connectivity index (χ0n) is 8.40. The van der Waals surface area contributed by atoms with Gasteiger partial charge in [0.05, 0.1) is 0 Å². The van der Waals surface area contributed by atoms with Gasteiger partial charge in [-0.05, 0) is 41.0 Å². The SMILES string of the molecule is C#Cc1cccc(C2=C(S)CCC=C2)c1. The van der Waals surface area contributed by atoms with Gasteiger partial charge >= 0.3 is 0 Å². The summed E-state index contributed by atoms with van der Waals surface area (Å²) in [5, 5.41) is 0. The lowest BCUT2D eigenvalue weighted by molar-refractivity contribution is 1.03. The van der Waals surface area contributed by atoms with E-state index in [1.165, 1.54) is 5.57 Å². The van der Waals surface area contributed by atoms with E-state index < -0.39 is 0 Å². The predicted octanol–water partition coefficient (Wildman–Crippen LogP) is 3.66. The number of thiol groups is 1. The maximum Gasteiger partial charge on any atom is 0.0248 e. The van der Waals surface area contributed by atoms with Crippen molar-refractivity contribution in [2.24, 2.45) is 0 Å². The smallest absolute Gasteiger partial charge is 0.0248 e. The monoisotopic (exact) mass is 212 g/mol. The average molecular weight is 212 g/mol. The highest BCUT2D eigenvalue weighted by atomic mass is 32.1. The van der Waals surface area contributed by atoms with Gasteiger partial charge in [0.15, 0.2) is 0 Å². The molecule has 1 aromatic carbocycles. The van der Waals surface area contributed by atoms with Crippen molar-refractivity contribution in [3.63, 3.8) is 0 Å². The van der Waals surface area contributed by atoms with Gasteiger partial charge in [-0.2, -0.15) is 0 Å². The van der Waals surface area contributed by atoms with Crippen molar-refractivity contribution < 1.29 is 0 Å². The zero-order chi connectivity index (χ0) is 10.7. The minimum absolute atomic E-state index is 0.917. The van der Waals surface area contributed by atoms with E-state index in [0.29, 0.717) is 0 Å². The van der Waals surface area contributed by atoms with Crippen LogP contribution in [0, 0.1) is 12.3 Å². The van der Waals surface area contributed by atoms with E-state index in [1.54, 1.807) is 0 Å². The van der Waals surface area contributed by atoms with E-state index in [9.17, 15) is 0 Å². The Bertz CT molecular complexity index is 472. The van der Waals surface area contributed by atoms with Gasteiger partial charge in [0.2, 0.25) is 0 Å². The summed E-state index contributed by atoms with van der Waals surface area (Å²) < 4.78 is 0. The Hall–Kier alpha value is -1.39. The molecule has 0 saturated carbocycles. The molecule has 0 amide bonds. The van der Waals surface area contributed by atoms with Crippen LogP contribution in [0.2, 0.25) is 0 Å². The second-order valence-electron chi connectivity index (χ2n) is 3.53. The molecular formula is C14H12S. The molecule has 0 nitrogen and oxygen atoms in total. The molecule has 0 radical (unpaired) electrons. The van der Waals surface area contributed by atoms with Crippen LogP contribution < -0.4 is 0 Å². The molecule has 1 aliphatic rings. The topological polar surface area (TPSA) is 0 Å². The van der Waals surface area contributed by atoms with Crippen molar-refractivity contribution in [2.75, 3.05) is 0 Å². The minimum atomic E-state index is 0.917. The largest absolute Gasteiger partial charge is 0.147 e. The molecule has 15 heavy (non-hydrogen) atoms. The Labute approximate surface area is 96.1 Å². The molecule has 1 heteroatoms. The summed E-state index contributed by atoms with van der Waals surface area (Å²) in [6.07, 6.45) is 11.8. The number of rotatable bonds is 1. The minimum Gasteiger partial charge on any atom is -0.147 e. The second-order valence-corrected chi connectivity index (χ2v) is 4.07. The van der Waals surface area contributed by atoms with Crippen LogP contribution in [0.15, 0.2) is 41.3 Å². The number of benzene rings is 1. The lowest BCUT2D eigenvalue weighted by atomic mass is 9.98. The van der Waals surface area contributed by atoms with Crippen molar-refractivity contribution in [3.8, 4) is 12.3 Å². The standard InChI is InChI=1S/C14H12S/c1-2-11-6-5-7-12(10-11)13-8-3-4-9-14(13)15/h1,3,5-8,10,15H,4,9H2. The molecule has 74 valence electrons. The first-order chi connectivity index (χ1) is 7.31. The molecule has 0 bridgehead atoms. The molecule has 1 aliphatic carbocycles. The van der Waals surface area contributed by atoms with Gasteiger partial charge in [0.25, 0.3) is 0 Å². The number of hydrogen-bond acceptors (Lipinski definition) is 1.